The highest BCUT2D eigenvalue weighted by Crippen LogP contribution is 2.07. The molecule has 4 nitrogen and oxygen atoms in total. The summed E-state index contributed by atoms with van der Waals surface area (Å²) in [6, 6.07) is 1.28. The Morgan fingerprint density at radius 3 is 3.15 bits per heavy atom. The molecule has 1 atom stereocenters. The molecular weight excluding hydrogens is 188 g/mol. The third-order valence-electron chi connectivity index (χ3n) is 1.50. The molecule has 1 aromatic heterocycles. The van der Waals surface area contributed by atoms with E-state index in [0.717, 1.165) is 4.88 Å². The molecule has 0 saturated carbocycles. The Balaban J connectivity index is 2.41. The maximum absolute atomic E-state index is 11.1. The van der Waals surface area contributed by atoms with Crippen LogP contribution in [0.5, 0.6) is 0 Å². The Kier molecular flexibility index (Phi) is 3.85. The average molecular weight is 200 g/mol. The van der Waals surface area contributed by atoms with Crippen molar-refractivity contribution in [3.63, 3.8) is 0 Å². The number of ether oxygens (including phenoxy) is 1. The molecule has 0 aliphatic rings. The molecule has 0 fully saturated rings. The van der Waals surface area contributed by atoms with Gasteiger partial charge in [-0.15, -0.1) is 0 Å². The molecule has 1 heterocycles. The molecule has 0 saturated heterocycles. The van der Waals surface area contributed by atoms with Gasteiger partial charge in [0.05, 0.1) is 6.61 Å². The smallest absolute Gasteiger partial charge is 0.323 e. The van der Waals surface area contributed by atoms with Crippen molar-refractivity contribution in [3.05, 3.63) is 17.1 Å². The SMILES string of the molecule is CCOC(=O)C(N)Cc1ccns1. The van der Waals surface area contributed by atoms with Crippen LogP contribution in [0.25, 0.3) is 0 Å². The van der Waals surface area contributed by atoms with Crippen LogP contribution in [0.2, 0.25) is 0 Å². The van der Waals surface area contributed by atoms with Crippen LogP contribution in [0.4, 0.5) is 0 Å². The Morgan fingerprint density at radius 2 is 2.62 bits per heavy atom. The Hall–Kier alpha value is -0.940. The van der Waals surface area contributed by atoms with Gasteiger partial charge in [-0.2, -0.15) is 0 Å². The highest BCUT2D eigenvalue weighted by atomic mass is 32.1. The standard InChI is InChI=1S/C8H12N2O2S/c1-2-12-8(11)7(9)5-6-3-4-10-13-6/h3-4,7H,2,5,9H2,1H3. The molecule has 0 aliphatic heterocycles. The number of hydrogen-bond acceptors (Lipinski definition) is 5. The van der Waals surface area contributed by atoms with E-state index in [9.17, 15) is 4.79 Å². The van der Waals surface area contributed by atoms with Crippen LogP contribution < -0.4 is 5.73 Å². The van der Waals surface area contributed by atoms with Gasteiger partial charge in [0.2, 0.25) is 0 Å². The predicted octanol–water partition coefficient (Wildman–Crippen LogP) is 0.576. The summed E-state index contributed by atoms with van der Waals surface area (Å²) in [5.74, 6) is -0.351. The lowest BCUT2D eigenvalue weighted by molar-refractivity contribution is -0.144. The second kappa shape index (κ2) is 4.94. The second-order valence-corrected chi connectivity index (χ2v) is 3.46. The van der Waals surface area contributed by atoms with Crippen LogP contribution in [0, 0.1) is 0 Å². The molecule has 0 amide bonds. The minimum Gasteiger partial charge on any atom is -0.465 e. The zero-order valence-electron chi connectivity index (χ0n) is 7.40. The number of rotatable bonds is 4. The highest BCUT2D eigenvalue weighted by Gasteiger charge is 2.15. The molecule has 1 rings (SSSR count). The number of nitrogens with two attached hydrogens (primary N) is 1. The van der Waals surface area contributed by atoms with Gasteiger partial charge in [-0.05, 0) is 24.5 Å². The lowest BCUT2D eigenvalue weighted by Crippen LogP contribution is -2.34. The van der Waals surface area contributed by atoms with Crippen molar-refractivity contribution in [2.45, 2.75) is 19.4 Å². The van der Waals surface area contributed by atoms with Crippen LogP contribution in [-0.4, -0.2) is 23.0 Å². The minimum atomic E-state index is -0.569. The molecule has 1 unspecified atom stereocenters. The molecule has 72 valence electrons. The summed E-state index contributed by atoms with van der Waals surface area (Å²) < 4.78 is 8.69. The molecule has 0 aliphatic carbocycles. The van der Waals surface area contributed by atoms with Crippen LogP contribution in [-0.2, 0) is 16.0 Å². The molecule has 0 bridgehead atoms. The number of aromatic nitrogens is 1. The van der Waals surface area contributed by atoms with Crippen LogP contribution in [0.15, 0.2) is 12.3 Å². The van der Waals surface area contributed by atoms with Crippen molar-refractivity contribution in [2.24, 2.45) is 5.73 Å². The van der Waals surface area contributed by atoms with E-state index in [4.69, 9.17) is 10.5 Å². The van der Waals surface area contributed by atoms with Gasteiger partial charge in [0.1, 0.15) is 6.04 Å². The van der Waals surface area contributed by atoms with E-state index in [1.54, 1.807) is 13.1 Å². The molecule has 0 aromatic carbocycles. The van der Waals surface area contributed by atoms with Gasteiger partial charge in [0.15, 0.2) is 0 Å². The normalized spacial score (nSPS) is 12.5. The molecule has 1 aromatic rings. The largest absolute Gasteiger partial charge is 0.465 e. The first-order chi connectivity index (χ1) is 6.24. The van der Waals surface area contributed by atoms with Crippen molar-refractivity contribution in [2.75, 3.05) is 6.61 Å². The minimum absolute atomic E-state index is 0.351. The first-order valence-electron chi connectivity index (χ1n) is 4.05. The van der Waals surface area contributed by atoms with Gasteiger partial charge in [0.25, 0.3) is 0 Å². The second-order valence-electron chi connectivity index (χ2n) is 2.54. The lowest BCUT2D eigenvalue weighted by atomic mass is 10.2. The number of carbonyl (C=O) groups excluding carboxylic acids is 1. The van der Waals surface area contributed by atoms with E-state index in [-0.39, 0.29) is 5.97 Å². The summed E-state index contributed by atoms with van der Waals surface area (Å²) >= 11 is 1.35. The molecule has 0 radical (unpaired) electrons. The van der Waals surface area contributed by atoms with Gasteiger partial charge in [0, 0.05) is 17.5 Å². The van der Waals surface area contributed by atoms with Crippen LogP contribution >= 0.6 is 11.5 Å². The van der Waals surface area contributed by atoms with Crippen molar-refractivity contribution in [1.82, 2.24) is 4.37 Å². The maximum atomic E-state index is 11.1. The Bertz CT molecular complexity index is 261. The third-order valence-corrected chi connectivity index (χ3v) is 2.27. The van der Waals surface area contributed by atoms with Crippen molar-refractivity contribution >= 4 is 17.5 Å². The number of nitrogens with zero attached hydrogens (tertiary/aromatic N) is 1. The zero-order chi connectivity index (χ0) is 9.68. The van der Waals surface area contributed by atoms with Gasteiger partial charge < -0.3 is 10.5 Å². The first-order valence-corrected chi connectivity index (χ1v) is 4.83. The van der Waals surface area contributed by atoms with E-state index >= 15 is 0 Å². The molecule has 0 spiro atoms. The molecule has 13 heavy (non-hydrogen) atoms. The molecule has 5 heteroatoms. The summed E-state index contributed by atoms with van der Waals surface area (Å²) in [4.78, 5) is 12.1. The van der Waals surface area contributed by atoms with E-state index in [1.165, 1.54) is 11.5 Å². The van der Waals surface area contributed by atoms with Crippen LogP contribution in [0.1, 0.15) is 11.8 Å². The summed E-state index contributed by atoms with van der Waals surface area (Å²) in [6.07, 6.45) is 2.20. The summed E-state index contributed by atoms with van der Waals surface area (Å²) in [6.45, 7) is 2.13. The fourth-order valence-corrected chi connectivity index (χ4v) is 1.53. The molecular formula is C8H12N2O2S. The van der Waals surface area contributed by atoms with E-state index in [1.807, 2.05) is 6.07 Å². The first kappa shape index (κ1) is 10.1. The summed E-state index contributed by atoms with van der Waals surface area (Å²) in [5, 5.41) is 0. The van der Waals surface area contributed by atoms with E-state index in [2.05, 4.69) is 4.37 Å². The van der Waals surface area contributed by atoms with Gasteiger partial charge in [-0.25, -0.2) is 4.37 Å². The lowest BCUT2D eigenvalue weighted by Gasteiger charge is -2.08. The topological polar surface area (TPSA) is 65.2 Å². The van der Waals surface area contributed by atoms with Crippen LogP contribution in [0.3, 0.4) is 0 Å². The Labute approximate surface area is 80.9 Å². The predicted molar refractivity (Wildman–Crippen MR) is 50.4 cm³/mol. The monoisotopic (exact) mass is 200 g/mol. The summed E-state index contributed by atoms with van der Waals surface area (Å²) in [7, 11) is 0. The zero-order valence-corrected chi connectivity index (χ0v) is 8.21. The number of carbonyl (C=O) groups is 1. The van der Waals surface area contributed by atoms with Crippen molar-refractivity contribution < 1.29 is 9.53 Å². The molecule has 2 N–H and O–H groups in total. The highest BCUT2D eigenvalue weighted by molar-refractivity contribution is 7.05. The quantitative estimate of drug-likeness (QED) is 0.722. The van der Waals surface area contributed by atoms with Gasteiger partial charge >= 0.3 is 5.97 Å². The fourth-order valence-electron chi connectivity index (χ4n) is 0.897. The van der Waals surface area contributed by atoms with Crippen molar-refractivity contribution in [1.29, 1.82) is 0 Å². The number of esters is 1. The third kappa shape index (κ3) is 3.12. The number of hydrogen-bond donors (Lipinski definition) is 1. The van der Waals surface area contributed by atoms with Crippen molar-refractivity contribution in [3.8, 4) is 0 Å². The average Bonchev–Trinajstić information content (AvgIpc) is 2.57. The summed E-state index contributed by atoms with van der Waals surface area (Å²) in [5.41, 5.74) is 5.60. The van der Waals surface area contributed by atoms with Gasteiger partial charge in [-0.3, -0.25) is 4.79 Å². The van der Waals surface area contributed by atoms with Gasteiger partial charge in [-0.1, -0.05) is 0 Å². The fraction of sp³-hybridized carbons (Fsp3) is 0.500. The van der Waals surface area contributed by atoms with E-state index < -0.39 is 6.04 Å². The van der Waals surface area contributed by atoms with E-state index in [0.29, 0.717) is 13.0 Å². The maximum Gasteiger partial charge on any atom is 0.323 e. The Morgan fingerprint density at radius 1 is 1.85 bits per heavy atom.